The zero-order chi connectivity index (χ0) is 35.5. The highest BCUT2D eigenvalue weighted by atomic mass is 35.5. The van der Waals surface area contributed by atoms with E-state index in [2.05, 4.69) is 22.9 Å². The van der Waals surface area contributed by atoms with E-state index in [1.165, 1.54) is 15.6 Å². The molecule has 0 N–H and O–H groups in total. The van der Waals surface area contributed by atoms with Gasteiger partial charge in [0.25, 0.3) is 10.0 Å². The van der Waals surface area contributed by atoms with Gasteiger partial charge in [0, 0.05) is 66.7 Å². The molecule has 1 aromatic heterocycles. The largest absolute Gasteiger partial charge is 0.332 e. The van der Waals surface area contributed by atoms with E-state index in [4.69, 9.17) is 16.6 Å². The van der Waals surface area contributed by atoms with Gasteiger partial charge in [-0.1, -0.05) is 84.4 Å². The number of thiophene rings is 1. The lowest BCUT2D eigenvalue weighted by atomic mass is 10.0. The van der Waals surface area contributed by atoms with Crippen LogP contribution in [-0.2, 0) is 21.4 Å². The van der Waals surface area contributed by atoms with E-state index >= 15 is 0 Å². The Bertz CT molecular complexity index is 2190. The van der Waals surface area contributed by atoms with Crippen LogP contribution in [-0.4, -0.2) is 97.9 Å². The Morgan fingerprint density at radius 2 is 1.61 bits per heavy atom. The van der Waals surface area contributed by atoms with Crippen LogP contribution in [0.15, 0.2) is 112 Å². The normalized spacial score (nSPS) is 17.8. The molecular weight excluding hydrogens is 700 g/mol. The minimum absolute atomic E-state index is 0.170. The average molecular weight is 737 g/mol. The first-order chi connectivity index (χ1) is 24.7. The maximum atomic E-state index is 14.1. The number of benzene rings is 4. The second kappa shape index (κ2) is 15.1. The summed E-state index contributed by atoms with van der Waals surface area (Å²) >= 11 is 7.35. The summed E-state index contributed by atoms with van der Waals surface area (Å²) in [6, 6.07) is 34.0. The molecule has 0 unspecified atom stereocenters. The second-order valence-corrected chi connectivity index (χ2v) is 16.7. The van der Waals surface area contributed by atoms with Crippen molar-refractivity contribution in [2.24, 2.45) is 4.99 Å². The van der Waals surface area contributed by atoms with E-state index in [1.54, 1.807) is 29.2 Å². The number of carbonyl (C=O) groups is 1. The summed E-state index contributed by atoms with van der Waals surface area (Å²) in [6.07, 6.45) is 0. The summed E-state index contributed by atoms with van der Waals surface area (Å²) in [5, 5.41) is 11.4. The fourth-order valence-electron chi connectivity index (χ4n) is 6.63. The molecular formula is C39H37ClN6O3S2. The fourth-order valence-corrected chi connectivity index (χ4v) is 9.89. The molecule has 7 rings (SSSR count). The summed E-state index contributed by atoms with van der Waals surface area (Å²) < 4.78 is 30.4. The molecule has 9 nitrogen and oxygen atoms in total. The number of sulfonamides is 1. The minimum atomic E-state index is -3.95. The van der Waals surface area contributed by atoms with Crippen molar-refractivity contribution in [2.75, 3.05) is 52.9 Å². The van der Waals surface area contributed by atoms with Gasteiger partial charge in [-0.3, -0.25) is 9.69 Å². The number of carbonyl (C=O) groups excluding carboxylic acids is 1. The molecule has 0 saturated carbocycles. The van der Waals surface area contributed by atoms with Gasteiger partial charge < -0.3 is 9.80 Å². The van der Waals surface area contributed by atoms with Crippen molar-refractivity contribution in [3.8, 4) is 6.07 Å². The van der Waals surface area contributed by atoms with Crippen LogP contribution in [0.3, 0.4) is 0 Å². The number of hydrogen-bond acceptors (Lipinski definition) is 8. The van der Waals surface area contributed by atoms with Gasteiger partial charge in [-0.25, -0.2) is 13.4 Å². The minimum Gasteiger partial charge on any atom is -0.332 e. The molecule has 0 spiro atoms. The molecule has 4 aromatic carbocycles. The number of nitriles is 1. The SMILES string of the molecule is CN1CCN(C[C@H]2CN(S(=O)(=O)c3cc4ccc(Cl)cc4s3)CC(=O)N2Cc2ccc(C#N)c(N=C(c3ccccc3)c3ccccc3)c2)CC1. The molecule has 0 radical (unpaired) electrons. The van der Waals surface area contributed by atoms with E-state index in [-0.39, 0.29) is 35.8 Å². The number of amides is 1. The van der Waals surface area contributed by atoms with Gasteiger partial charge in [-0.15, -0.1) is 11.3 Å². The number of halogens is 1. The monoisotopic (exact) mass is 736 g/mol. The first kappa shape index (κ1) is 35.0. The van der Waals surface area contributed by atoms with E-state index in [0.717, 1.165) is 58.7 Å². The van der Waals surface area contributed by atoms with Gasteiger partial charge >= 0.3 is 0 Å². The number of fused-ring (bicyclic) bond motifs is 1. The molecule has 3 heterocycles. The Labute approximate surface area is 307 Å². The van der Waals surface area contributed by atoms with E-state index in [1.807, 2.05) is 78.9 Å². The lowest BCUT2D eigenvalue weighted by molar-refractivity contribution is -0.139. The standard InChI is InChI=1S/C39H37ClN6O3S2/c1-43-16-18-44(19-17-43)25-34-26-45(51(48,49)38-21-31-14-15-33(40)22-36(31)50-38)27-37(47)46(34)24-28-12-13-32(23-41)35(20-28)42-39(29-8-4-2-5-9-29)30-10-6-3-7-11-30/h2-15,20-22,34H,16-19,24-27H2,1H3/t34-/m0/s1. The van der Waals surface area contributed by atoms with E-state index in [9.17, 15) is 18.5 Å². The number of hydrogen-bond donors (Lipinski definition) is 0. The van der Waals surface area contributed by atoms with Crippen LogP contribution in [0, 0.1) is 11.3 Å². The molecule has 0 bridgehead atoms. The number of rotatable bonds is 9. The molecule has 2 aliphatic heterocycles. The van der Waals surface area contributed by atoms with Crippen LogP contribution in [0.1, 0.15) is 22.3 Å². The van der Waals surface area contributed by atoms with Crippen LogP contribution < -0.4 is 0 Å². The van der Waals surface area contributed by atoms with Gasteiger partial charge in [-0.05, 0) is 48.3 Å². The lowest BCUT2D eigenvalue weighted by Gasteiger charge is -2.43. The average Bonchev–Trinajstić information content (AvgIpc) is 3.58. The van der Waals surface area contributed by atoms with Crippen LogP contribution in [0.5, 0.6) is 0 Å². The molecule has 12 heteroatoms. The topological polar surface area (TPSA) is 100 Å². The summed E-state index contributed by atoms with van der Waals surface area (Å²) in [6.45, 7) is 4.16. The van der Waals surface area contributed by atoms with Gasteiger partial charge in [0.05, 0.1) is 29.5 Å². The van der Waals surface area contributed by atoms with Crippen molar-refractivity contribution >= 4 is 60.4 Å². The van der Waals surface area contributed by atoms with Crippen molar-refractivity contribution < 1.29 is 13.2 Å². The molecule has 1 atom stereocenters. The number of nitrogens with zero attached hydrogens (tertiary/aromatic N) is 6. The Balaban J connectivity index is 1.21. The number of piperazine rings is 2. The predicted octanol–water partition coefficient (Wildman–Crippen LogP) is 6.24. The molecule has 260 valence electrons. The molecule has 5 aromatic rings. The summed E-state index contributed by atoms with van der Waals surface area (Å²) in [5.74, 6) is -0.267. The Kier molecular flexibility index (Phi) is 10.3. The van der Waals surface area contributed by atoms with Crippen LogP contribution in [0.25, 0.3) is 10.1 Å². The molecule has 1 amide bonds. The third kappa shape index (κ3) is 7.77. The third-order valence-electron chi connectivity index (χ3n) is 9.47. The summed E-state index contributed by atoms with van der Waals surface area (Å²) in [5.41, 5.74) is 4.30. The predicted molar refractivity (Wildman–Crippen MR) is 203 cm³/mol. The Morgan fingerprint density at radius 3 is 2.27 bits per heavy atom. The van der Waals surface area contributed by atoms with Crippen molar-refractivity contribution in [3.05, 3.63) is 130 Å². The number of aliphatic imine (C=N–C) groups is 1. The smallest absolute Gasteiger partial charge is 0.253 e. The van der Waals surface area contributed by atoms with Gasteiger partial charge in [0.2, 0.25) is 5.91 Å². The Morgan fingerprint density at radius 1 is 0.922 bits per heavy atom. The van der Waals surface area contributed by atoms with Crippen LogP contribution in [0.4, 0.5) is 5.69 Å². The van der Waals surface area contributed by atoms with Crippen LogP contribution >= 0.6 is 22.9 Å². The third-order valence-corrected chi connectivity index (χ3v) is 13.1. The van der Waals surface area contributed by atoms with Crippen molar-refractivity contribution in [3.63, 3.8) is 0 Å². The number of likely N-dealkylation sites (N-methyl/N-ethyl adjacent to an activating group) is 1. The molecule has 2 saturated heterocycles. The van der Waals surface area contributed by atoms with Crippen molar-refractivity contribution in [2.45, 2.75) is 16.8 Å². The van der Waals surface area contributed by atoms with Gasteiger partial charge in [0.1, 0.15) is 10.3 Å². The highest BCUT2D eigenvalue weighted by molar-refractivity contribution is 7.91. The maximum Gasteiger partial charge on any atom is 0.253 e. The first-order valence-electron chi connectivity index (χ1n) is 16.8. The molecule has 0 aliphatic carbocycles. The van der Waals surface area contributed by atoms with Gasteiger partial charge in [-0.2, -0.15) is 9.57 Å². The first-order valence-corrected chi connectivity index (χ1v) is 19.4. The quantitative estimate of drug-likeness (QED) is 0.166. The molecule has 2 fully saturated rings. The highest BCUT2D eigenvalue weighted by Crippen LogP contribution is 2.34. The van der Waals surface area contributed by atoms with E-state index < -0.39 is 10.0 Å². The highest BCUT2D eigenvalue weighted by Gasteiger charge is 2.40. The fraction of sp³-hybridized carbons (Fsp3) is 0.256. The van der Waals surface area contributed by atoms with Crippen molar-refractivity contribution in [1.82, 2.24) is 19.0 Å². The lowest BCUT2D eigenvalue weighted by Crippen LogP contribution is -2.61. The molecule has 2 aliphatic rings. The van der Waals surface area contributed by atoms with Crippen molar-refractivity contribution in [1.29, 1.82) is 5.26 Å². The van der Waals surface area contributed by atoms with Gasteiger partial charge in [0.15, 0.2) is 0 Å². The van der Waals surface area contributed by atoms with E-state index in [0.29, 0.717) is 22.8 Å². The second-order valence-electron chi connectivity index (χ2n) is 13.0. The maximum absolute atomic E-state index is 14.1. The zero-order valence-electron chi connectivity index (χ0n) is 28.2. The summed E-state index contributed by atoms with van der Waals surface area (Å²) in [7, 11) is -1.86. The zero-order valence-corrected chi connectivity index (χ0v) is 30.5. The Hall–Kier alpha value is -4.41. The summed E-state index contributed by atoms with van der Waals surface area (Å²) in [4.78, 5) is 25.5. The van der Waals surface area contributed by atoms with Crippen LogP contribution in [0.2, 0.25) is 5.02 Å². The molecule has 51 heavy (non-hydrogen) atoms.